The summed E-state index contributed by atoms with van der Waals surface area (Å²) in [5.74, 6) is -0.782. The van der Waals surface area contributed by atoms with Crippen LogP contribution in [0.15, 0.2) is 30.7 Å². The number of aromatic nitrogens is 2. The summed E-state index contributed by atoms with van der Waals surface area (Å²) in [6.07, 6.45) is 2.40. The van der Waals surface area contributed by atoms with Crippen molar-refractivity contribution >= 4 is 11.7 Å². The summed E-state index contributed by atoms with van der Waals surface area (Å²) in [5, 5.41) is 19.7. The Morgan fingerprint density at radius 3 is 2.79 bits per heavy atom. The summed E-state index contributed by atoms with van der Waals surface area (Å²) >= 11 is 0. The number of benzene rings is 1. The van der Waals surface area contributed by atoms with Gasteiger partial charge in [-0.1, -0.05) is 0 Å². The maximum Gasteiger partial charge on any atom is 0.356 e. The molecule has 1 heterocycles. The van der Waals surface area contributed by atoms with E-state index in [1.54, 1.807) is 0 Å². The molecule has 0 atom stereocenters. The molecule has 0 aliphatic heterocycles. The standard InChI is InChI=1S/C11H9N3O5/c1-19-7-2-3-9(14(17)18)10(4-7)13-5-8(11(15)16)12-6-13/h2-6H,1H3,(H,15,16). The van der Waals surface area contributed by atoms with Crippen molar-refractivity contribution in [2.45, 2.75) is 0 Å². The molecule has 0 spiro atoms. The van der Waals surface area contributed by atoms with E-state index in [4.69, 9.17) is 9.84 Å². The highest BCUT2D eigenvalue weighted by atomic mass is 16.6. The van der Waals surface area contributed by atoms with E-state index in [1.165, 1.54) is 42.4 Å². The second-order valence-electron chi connectivity index (χ2n) is 3.58. The van der Waals surface area contributed by atoms with Crippen molar-refractivity contribution in [3.8, 4) is 11.4 Å². The zero-order chi connectivity index (χ0) is 14.0. The molecule has 1 aromatic carbocycles. The van der Waals surface area contributed by atoms with Gasteiger partial charge in [0.25, 0.3) is 5.69 Å². The number of nitro groups is 1. The molecule has 0 saturated carbocycles. The number of carboxylic acid groups (broad SMARTS) is 1. The monoisotopic (exact) mass is 263 g/mol. The average Bonchev–Trinajstić information content (AvgIpc) is 2.87. The zero-order valence-electron chi connectivity index (χ0n) is 9.81. The Balaban J connectivity index is 2.57. The van der Waals surface area contributed by atoms with Crippen LogP contribution >= 0.6 is 0 Å². The Morgan fingerprint density at radius 2 is 2.26 bits per heavy atom. The molecule has 0 bridgehead atoms. The van der Waals surface area contributed by atoms with Gasteiger partial charge in [-0.25, -0.2) is 9.78 Å². The fourth-order valence-electron chi connectivity index (χ4n) is 1.56. The van der Waals surface area contributed by atoms with Crippen molar-refractivity contribution in [2.24, 2.45) is 0 Å². The number of ether oxygens (including phenoxy) is 1. The highest BCUT2D eigenvalue weighted by molar-refractivity contribution is 5.85. The molecule has 2 rings (SSSR count). The molecule has 2 aromatic rings. The number of methoxy groups -OCH3 is 1. The van der Waals surface area contributed by atoms with Crippen molar-refractivity contribution in [1.29, 1.82) is 0 Å². The summed E-state index contributed by atoms with van der Waals surface area (Å²) in [5.41, 5.74) is -0.184. The Hall–Kier alpha value is -2.90. The Bertz CT molecular complexity index is 650. The maximum absolute atomic E-state index is 11.0. The predicted molar refractivity (Wildman–Crippen MR) is 63.7 cm³/mol. The van der Waals surface area contributed by atoms with Crippen LogP contribution in [0.2, 0.25) is 0 Å². The molecular formula is C11H9N3O5. The fraction of sp³-hybridized carbons (Fsp3) is 0.0909. The number of nitro benzene ring substituents is 1. The molecule has 0 aliphatic rings. The molecule has 0 saturated heterocycles. The van der Waals surface area contributed by atoms with Gasteiger partial charge < -0.3 is 9.84 Å². The van der Waals surface area contributed by atoms with Crippen LogP contribution in [0, 0.1) is 10.1 Å². The molecule has 19 heavy (non-hydrogen) atoms. The van der Waals surface area contributed by atoms with E-state index in [-0.39, 0.29) is 17.1 Å². The van der Waals surface area contributed by atoms with Gasteiger partial charge in [0.05, 0.1) is 12.0 Å². The van der Waals surface area contributed by atoms with E-state index in [9.17, 15) is 14.9 Å². The largest absolute Gasteiger partial charge is 0.497 e. The van der Waals surface area contributed by atoms with Crippen LogP contribution in [0.3, 0.4) is 0 Å². The van der Waals surface area contributed by atoms with Crippen LogP contribution < -0.4 is 4.74 Å². The third-order valence-electron chi connectivity index (χ3n) is 2.46. The second-order valence-corrected chi connectivity index (χ2v) is 3.58. The molecule has 0 aliphatic carbocycles. The van der Waals surface area contributed by atoms with Crippen LogP contribution in [0.25, 0.3) is 5.69 Å². The number of hydrogen-bond acceptors (Lipinski definition) is 5. The van der Waals surface area contributed by atoms with Gasteiger partial charge in [0.2, 0.25) is 0 Å². The highest BCUT2D eigenvalue weighted by Gasteiger charge is 2.18. The first-order valence-corrected chi connectivity index (χ1v) is 5.13. The minimum Gasteiger partial charge on any atom is -0.497 e. The highest BCUT2D eigenvalue weighted by Crippen LogP contribution is 2.27. The SMILES string of the molecule is COc1ccc([N+](=O)[O-])c(-n2cnc(C(=O)O)c2)c1. The van der Waals surface area contributed by atoms with Crippen molar-refractivity contribution < 1.29 is 19.6 Å². The summed E-state index contributed by atoms with van der Waals surface area (Å²) < 4.78 is 6.26. The molecule has 1 N–H and O–H groups in total. The van der Waals surface area contributed by atoms with Gasteiger partial charge in [-0.05, 0) is 6.07 Å². The topological polar surface area (TPSA) is 107 Å². The lowest BCUT2D eigenvalue weighted by molar-refractivity contribution is -0.384. The lowest BCUT2D eigenvalue weighted by Crippen LogP contribution is -2.00. The van der Waals surface area contributed by atoms with Gasteiger partial charge in [0, 0.05) is 18.3 Å². The number of nitrogens with zero attached hydrogens (tertiary/aromatic N) is 3. The molecule has 0 fully saturated rings. The van der Waals surface area contributed by atoms with Crippen LogP contribution in [0.1, 0.15) is 10.5 Å². The first-order valence-electron chi connectivity index (χ1n) is 5.13. The maximum atomic E-state index is 11.0. The van der Waals surface area contributed by atoms with E-state index >= 15 is 0 Å². The first kappa shape index (κ1) is 12.6. The van der Waals surface area contributed by atoms with Crippen LogP contribution in [0.5, 0.6) is 5.75 Å². The number of carboxylic acids is 1. The molecule has 0 amide bonds. The molecule has 8 heteroatoms. The molecule has 0 unspecified atom stereocenters. The third kappa shape index (κ3) is 2.37. The van der Waals surface area contributed by atoms with Gasteiger partial charge >= 0.3 is 5.97 Å². The van der Waals surface area contributed by atoms with Gasteiger partial charge in [0.15, 0.2) is 5.69 Å². The Morgan fingerprint density at radius 1 is 1.53 bits per heavy atom. The van der Waals surface area contributed by atoms with Crippen LogP contribution in [-0.2, 0) is 0 Å². The van der Waals surface area contributed by atoms with Gasteiger partial charge in [-0.15, -0.1) is 0 Å². The lowest BCUT2D eigenvalue weighted by Gasteiger charge is -2.06. The van der Waals surface area contributed by atoms with E-state index < -0.39 is 10.9 Å². The van der Waals surface area contributed by atoms with E-state index in [1.807, 2.05) is 0 Å². The van der Waals surface area contributed by atoms with Crippen LogP contribution in [0.4, 0.5) is 5.69 Å². The van der Waals surface area contributed by atoms with Crippen molar-refractivity contribution in [1.82, 2.24) is 9.55 Å². The summed E-state index contributed by atoms with van der Waals surface area (Å²) in [7, 11) is 1.43. The smallest absolute Gasteiger partial charge is 0.356 e. The molecule has 8 nitrogen and oxygen atoms in total. The number of aromatic carboxylic acids is 1. The molecular weight excluding hydrogens is 254 g/mol. The number of imidazole rings is 1. The minimum atomic E-state index is -1.20. The first-order chi connectivity index (χ1) is 9.02. The summed E-state index contributed by atoms with van der Waals surface area (Å²) in [6.45, 7) is 0. The van der Waals surface area contributed by atoms with Crippen molar-refractivity contribution in [3.05, 3.63) is 46.5 Å². The van der Waals surface area contributed by atoms with Gasteiger partial charge in [-0.3, -0.25) is 14.7 Å². The second kappa shape index (κ2) is 4.77. The van der Waals surface area contributed by atoms with Crippen molar-refractivity contribution in [3.63, 3.8) is 0 Å². The lowest BCUT2D eigenvalue weighted by atomic mass is 10.2. The molecule has 0 radical (unpaired) electrons. The van der Waals surface area contributed by atoms with Gasteiger partial charge in [0.1, 0.15) is 17.8 Å². The number of rotatable bonds is 4. The van der Waals surface area contributed by atoms with Crippen LogP contribution in [-0.4, -0.2) is 32.7 Å². The Labute approximate surface area is 107 Å². The normalized spacial score (nSPS) is 10.2. The Kier molecular flexibility index (Phi) is 3.15. The quantitative estimate of drug-likeness (QED) is 0.661. The number of hydrogen-bond donors (Lipinski definition) is 1. The fourth-order valence-corrected chi connectivity index (χ4v) is 1.56. The predicted octanol–water partition coefficient (Wildman–Crippen LogP) is 1.49. The zero-order valence-corrected chi connectivity index (χ0v) is 9.81. The minimum absolute atomic E-state index is 0.171. The molecule has 1 aromatic heterocycles. The van der Waals surface area contributed by atoms with E-state index in [2.05, 4.69) is 4.98 Å². The summed E-state index contributed by atoms with van der Waals surface area (Å²) in [6, 6.07) is 4.18. The average molecular weight is 263 g/mol. The third-order valence-corrected chi connectivity index (χ3v) is 2.46. The number of carbonyl (C=O) groups is 1. The van der Waals surface area contributed by atoms with E-state index in [0.29, 0.717) is 5.75 Å². The van der Waals surface area contributed by atoms with Crippen molar-refractivity contribution in [2.75, 3.05) is 7.11 Å². The van der Waals surface area contributed by atoms with Gasteiger partial charge in [-0.2, -0.15) is 0 Å². The molecule has 98 valence electrons. The summed E-state index contributed by atoms with van der Waals surface area (Å²) in [4.78, 5) is 24.8. The van der Waals surface area contributed by atoms with E-state index in [0.717, 1.165) is 0 Å².